The molecule has 6 atom stereocenters. The Labute approximate surface area is 403 Å². The number of anilines is 5. The average Bonchev–Trinajstić information content (AvgIpc) is 4.22. The van der Waals surface area contributed by atoms with Gasteiger partial charge < -0.3 is 45.1 Å². The molecule has 6 aromatic rings. The Bertz CT molecular complexity index is 2730. The molecule has 376 valence electrons. The number of carbonyl (C=O) groups is 2. The Balaban J connectivity index is 0.883. The third-order valence-corrected chi connectivity index (χ3v) is 13.0. The van der Waals surface area contributed by atoms with Gasteiger partial charge in [-0.2, -0.15) is 20.2 Å². The molecule has 0 aromatic carbocycles. The number of aromatic nitrogens is 10. The van der Waals surface area contributed by atoms with Gasteiger partial charge in [-0.05, 0) is 46.0 Å². The molecule has 7 heterocycles. The second-order valence-corrected chi connectivity index (χ2v) is 18.3. The van der Waals surface area contributed by atoms with Crippen LogP contribution in [0, 0.1) is 0 Å². The van der Waals surface area contributed by atoms with Gasteiger partial charge in [0.1, 0.15) is 41.7 Å². The molecular weight excluding hydrogens is 911 g/mol. The van der Waals surface area contributed by atoms with E-state index in [4.69, 9.17) is 29.0 Å². The third-order valence-electron chi connectivity index (χ3n) is 13.0. The molecule has 9 rings (SSSR count). The SMILES string of the molecule is CCCCCNC(=O)O[C@H]1CC[C@@H](c2cc(Nc3nc(N4CCN(Cn5nc(Nc6nc(OC)cc7nc(COC)cn67)cc5[C@@H]5CC[C@H](OC(=O)NC(C)C)[C@H]5F)CC4)cc4nccn34)n[nH]2)[C@@H]1F. The number of hydrogen-bond donors (Lipinski definition) is 5. The number of fused-ring (bicyclic) bond motifs is 2. The van der Waals surface area contributed by atoms with Gasteiger partial charge in [-0.15, -0.1) is 0 Å². The smallest absolute Gasteiger partial charge is 0.407 e. The van der Waals surface area contributed by atoms with Crippen molar-refractivity contribution in [3.8, 4) is 5.88 Å². The highest BCUT2D eigenvalue weighted by molar-refractivity contribution is 5.68. The maximum Gasteiger partial charge on any atom is 0.407 e. The van der Waals surface area contributed by atoms with Crippen LogP contribution in [0.5, 0.6) is 5.88 Å². The zero-order valence-electron chi connectivity index (χ0n) is 40.1. The van der Waals surface area contributed by atoms with Gasteiger partial charge in [-0.1, -0.05) is 19.8 Å². The maximum atomic E-state index is 16.4. The fourth-order valence-corrected chi connectivity index (χ4v) is 9.50. The van der Waals surface area contributed by atoms with Crippen molar-refractivity contribution in [3.05, 3.63) is 59.9 Å². The monoisotopic (exact) mass is 973 g/mol. The molecular formula is C46H62F2N16O6. The van der Waals surface area contributed by atoms with Crippen molar-refractivity contribution in [2.24, 2.45) is 0 Å². The van der Waals surface area contributed by atoms with Crippen LogP contribution in [0.4, 0.5) is 47.7 Å². The third kappa shape index (κ3) is 10.8. The minimum absolute atomic E-state index is 0.150. The van der Waals surface area contributed by atoms with Crippen LogP contribution in [0.25, 0.3) is 11.3 Å². The quantitative estimate of drug-likeness (QED) is 0.0558. The maximum absolute atomic E-state index is 16.4. The molecule has 0 unspecified atom stereocenters. The number of nitrogens with zero attached hydrogens (tertiary/aromatic N) is 11. The van der Waals surface area contributed by atoms with Crippen LogP contribution in [-0.4, -0.2) is 143 Å². The van der Waals surface area contributed by atoms with Crippen LogP contribution in [0.15, 0.2) is 42.9 Å². The fourth-order valence-electron chi connectivity index (χ4n) is 9.50. The number of hydrogen-bond acceptors (Lipinski definition) is 16. The summed E-state index contributed by atoms with van der Waals surface area (Å²) in [4.78, 5) is 48.1. The number of carbonyl (C=O) groups excluding carboxylic acids is 2. The largest absolute Gasteiger partial charge is 0.481 e. The molecule has 22 nitrogen and oxygen atoms in total. The molecule has 70 heavy (non-hydrogen) atoms. The first kappa shape index (κ1) is 48.2. The van der Waals surface area contributed by atoms with Crippen LogP contribution in [-0.2, 0) is 27.5 Å². The number of nitrogens with one attached hydrogen (secondary N) is 5. The molecule has 24 heteroatoms. The van der Waals surface area contributed by atoms with Gasteiger partial charge >= 0.3 is 12.2 Å². The van der Waals surface area contributed by atoms with Gasteiger partial charge in [-0.3, -0.25) is 23.5 Å². The summed E-state index contributed by atoms with van der Waals surface area (Å²) < 4.78 is 59.3. The Hall–Kier alpha value is -6.82. The fraction of sp³-hybridized carbons (Fsp3) is 0.565. The van der Waals surface area contributed by atoms with E-state index in [0.29, 0.717) is 135 Å². The standard InChI is InChI=1S/C46H62F2N16O6/c1-6-7-8-13-50-45(65)69-33-11-9-29(41(33)47)31-20-35(58-57-31)53-43-55-38(22-37-49-14-15-62(37)43)61-18-16-60(17-19-61)26-64-32(30-10-12-34(42(30)48)70-46(66)51-27(2)3)21-36(59-64)54-44-56-40(68-5)23-39-52-28(25-67-4)24-63(39)44/h14-15,20-24,27,29-30,33-34,41-42H,6-13,16-19,25-26H2,1-5H3,(H,50,65)(H,51,66)(H,54,56,59)(H2,53,55,57,58)/t29-,30-,33-,34-,41-,42-/m0/s1. The number of ether oxygens (including phenoxy) is 4. The summed E-state index contributed by atoms with van der Waals surface area (Å²) in [5.41, 5.74) is 3.22. The van der Waals surface area contributed by atoms with E-state index in [-0.39, 0.29) is 6.04 Å². The molecule has 5 N–H and O–H groups in total. The van der Waals surface area contributed by atoms with Crippen molar-refractivity contribution < 1.29 is 37.3 Å². The number of alkyl halides is 2. The van der Waals surface area contributed by atoms with Crippen molar-refractivity contribution in [2.75, 3.05) is 62.5 Å². The molecule has 3 fully saturated rings. The lowest BCUT2D eigenvalue weighted by Crippen LogP contribution is -2.47. The highest BCUT2D eigenvalue weighted by Gasteiger charge is 2.43. The predicted molar refractivity (Wildman–Crippen MR) is 254 cm³/mol. The van der Waals surface area contributed by atoms with Crippen LogP contribution >= 0.6 is 0 Å². The lowest BCUT2D eigenvalue weighted by Gasteiger charge is -2.35. The van der Waals surface area contributed by atoms with Gasteiger partial charge in [-0.25, -0.2) is 28.3 Å². The van der Waals surface area contributed by atoms with Crippen LogP contribution in [0.2, 0.25) is 0 Å². The number of imidazole rings is 2. The summed E-state index contributed by atoms with van der Waals surface area (Å²) in [6, 6.07) is 7.09. The molecule has 6 aromatic heterocycles. The summed E-state index contributed by atoms with van der Waals surface area (Å²) >= 11 is 0. The highest BCUT2D eigenvalue weighted by atomic mass is 19.1. The van der Waals surface area contributed by atoms with E-state index in [1.54, 1.807) is 36.0 Å². The van der Waals surface area contributed by atoms with E-state index in [1.807, 2.05) is 41.3 Å². The van der Waals surface area contributed by atoms with Gasteiger partial charge in [0, 0.05) is 112 Å². The number of alkyl carbamates (subject to hydrolysis) is 2. The number of aromatic amines is 1. The Morgan fingerprint density at radius 3 is 2.34 bits per heavy atom. The first-order valence-corrected chi connectivity index (χ1v) is 24.1. The Kier molecular flexibility index (Phi) is 14.8. The molecule has 2 saturated carbocycles. The molecule has 2 amide bonds. The number of rotatable bonds is 19. The van der Waals surface area contributed by atoms with Crippen LogP contribution < -0.4 is 30.9 Å². The summed E-state index contributed by atoms with van der Waals surface area (Å²) in [5, 5.41) is 24.4. The van der Waals surface area contributed by atoms with Gasteiger partial charge in [0.2, 0.25) is 17.8 Å². The van der Waals surface area contributed by atoms with Crippen molar-refractivity contribution in [1.82, 2.24) is 64.2 Å². The normalized spacial score (nSPS) is 21.7. The van der Waals surface area contributed by atoms with E-state index in [0.717, 1.165) is 19.3 Å². The lowest BCUT2D eigenvalue weighted by molar-refractivity contribution is 0.0548. The molecule has 3 aliphatic rings. The topological polar surface area (TPSA) is 233 Å². The number of halogens is 2. The van der Waals surface area contributed by atoms with Crippen LogP contribution in [0.3, 0.4) is 0 Å². The molecule has 0 bridgehead atoms. The number of piperazine rings is 1. The first-order valence-electron chi connectivity index (χ1n) is 24.1. The van der Waals surface area contributed by atoms with E-state index >= 15 is 8.78 Å². The molecule has 0 radical (unpaired) electrons. The summed E-state index contributed by atoms with van der Waals surface area (Å²) in [7, 11) is 3.13. The first-order chi connectivity index (χ1) is 34.0. The van der Waals surface area contributed by atoms with E-state index in [2.05, 4.69) is 63.1 Å². The summed E-state index contributed by atoms with van der Waals surface area (Å²) in [6.45, 7) is 9.38. The van der Waals surface area contributed by atoms with Crippen molar-refractivity contribution in [3.63, 3.8) is 0 Å². The Morgan fingerprint density at radius 2 is 1.59 bits per heavy atom. The number of methoxy groups -OCH3 is 2. The lowest BCUT2D eigenvalue weighted by atomic mass is 10.0. The second-order valence-electron chi connectivity index (χ2n) is 18.3. The average molecular weight is 973 g/mol. The summed E-state index contributed by atoms with van der Waals surface area (Å²) in [5.74, 6) is 1.72. The van der Waals surface area contributed by atoms with Gasteiger partial charge in [0.15, 0.2) is 11.6 Å². The predicted octanol–water partition coefficient (Wildman–Crippen LogP) is 6.33. The molecule has 1 aliphatic heterocycles. The molecule has 1 saturated heterocycles. The number of unbranched alkanes of at least 4 members (excludes halogenated alkanes) is 2. The Morgan fingerprint density at radius 1 is 0.843 bits per heavy atom. The molecule has 2 aliphatic carbocycles. The van der Waals surface area contributed by atoms with Gasteiger partial charge in [0.25, 0.3) is 0 Å². The minimum Gasteiger partial charge on any atom is -0.481 e. The summed E-state index contributed by atoms with van der Waals surface area (Å²) in [6.07, 6.45) is 4.10. The van der Waals surface area contributed by atoms with Crippen molar-refractivity contribution in [2.45, 2.75) is 121 Å². The van der Waals surface area contributed by atoms with E-state index in [9.17, 15) is 9.59 Å². The van der Waals surface area contributed by atoms with Gasteiger partial charge in [0.05, 0.1) is 26.1 Å². The second kappa shape index (κ2) is 21.4. The number of H-pyrrole nitrogens is 1. The zero-order chi connectivity index (χ0) is 48.9. The van der Waals surface area contributed by atoms with Crippen molar-refractivity contribution >= 4 is 52.8 Å². The van der Waals surface area contributed by atoms with Crippen molar-refractivity contribution in [1.29, 1.82) is 0 Å². The van der Waals surface area contributed by atoms with E-state index < -0.39 is 48.6 Å². The number of amides is 2. The molecule has 0 spiro atoms. The van der Waals surface area contributed by atoms with E-state index in [1.165, 1.54) is 7.11 Å². The zero-order valence-corrected chi connectivity index (χ0v) is 40.1. The highest BCUT2D eigenvalue weighted by Crippen LogP contribution is 2.41. The van der Waals surface area contributed by atoms with Crippen LogP contribution in [0.1, 0.15) is 94.6 Å². The minimum atomic E-state index is -1.46.